The first-order chi connectivity index (χ1) is 9.65. The Morgan fingerprint density at radius 1 is 1.25 bits per heavy atom. The van der Waals surface area contributed by atoms with E-state index in [1.54, 1.807) is 17.4 Å². The van der Waals surface area contributed by atoms with Crippen LogP contribution < -0.4 is 5.73 Å². The summed E-state index contributed by atoms with van der Waals surface area (Å²) >= 11 is 1.67. The molecule has 0 saturated carbocycles. The van der Waals surface area contributed by atoms with Crippen LogP contribution in [-0.4, -0.2) is 4.98 Å². The van der Waals surface area contributed by atoms with Crippen molar-refractivity contribution < 1.29 is 4.39 Å². The minimum absolute atomic E-state index is 0.346. The van der Waals surface area contributed by atoms with Crippen LogP contribution in [0.5, 0.6) is 0 Å². The molecule has 0 fully saturated rings. The second-order valence-corrected chi connectivity index (χ2v) is 5.75. The highest BCUT2D eigenvalue weighted by atomic mass is 32.1. The van der Waals surface area contributed by atoms with Crippen molar-refractivity contribution in [2.24, 2.45) is 5.73 Å². The number of hydrogen-bond acceptors (Lipinski definition) is 3. The zero-order valence-corrected chi connectivity index (χ0v) is 12.0. The van der Waals surface area contributed by atoms with Crippen molar-refractivity contribution in [3.05, 3.63) is 65.0 Å². The van der Waals surface area contributed by atoms with Gasteiger partial charge >= 0.3 is 0 Å². The smallest absolute Gasteiger partial charge is 0.141 e. The van der Waals surface area contributed by atoms with Crippen molar-refractivity contribution >= 4 is 21.4 Å². The standard InChI is InChI=1S/C16H15FN2S/c1-2-16(18,14-7-6-12(17)10-19-14)13-5-3-4-11-8-9-20-15(11)13/h3-10H,2,18H2,1H3. The summed E-state index contributed by atoms with van der Waals surface area (Å²) in [4.78, 5) is 4.19. The Kier molecular flexibility index (Phi) is 3.28. The molecule has 0 radical (unpaired) electrons. The van der Waals surface area contributed by atoms with E-state index in [-0.39, 0.29) is 5.82 Å². The molecule has 3 aromatic rings. The van der Waals surface area contributed by atoms with Crippen LogP contribution in [0.3, 0.4) is 0 Å². The lowest BCUT2D eigenvalue weighted by molar-refractivity contribution is 0.503. The largest absolute Gasteiger partial charge is 0.316 e. The minimum Gasteiger partial charge on any atom is -0.316 e. The number of thiophene rings is 1. The number of nitrogens with zero attached hydrogens (tertiary/aromatic N) is 1. The number of nitrogens with two attached hydrogens (primary N) is 1. The maximum Gasteiger partial charge on any atom is 0.141 e. The number of benzene rings is 1. The molecule has 0 aliphatic heterocycles. The molecule has 1 atom stereocenters. The Balaban J connectivity index is 2.22. The van der Waals surface area contributed by atoms with Crippen molar-refractivity contribution in [3.8, 4) is 0 Å². The third kappa shape index (κ3) is 2.01. The highest BCUT2D eigenvalue weighted by Crippen LogP contribution is 2.36. The highest BCUT2D eigenvalue weighted by molar-refractivity contribution is 7.17. The predicted octanol–water partition coefficient (Wildman–Crippen LogP) is 4.05. The molecule has 4 heteroatoms. The van der Waals surface area contributed by atoms with Crippen molar-refractivity contribution in [1.82, 2.24) is 4.98 Å². The molecule has 0 bridgehead atoms. The summed E-state index contributed by atoms with van der Waals surface area (Å²) < 4.78 is 14.3. The number of pyridine rings is 1. The van der Waals surface area contributed by atoms with Crippen LogP contribution in [0.2, 0.25) is 0 Å². The van der Waals surface area contributed by atoms with Crippen molar-refractivity contribution in [2.75, 3.05) is 0 Å². The highest BCUT2D eigenvalue weighted by Gasteiger charge is 2.31. The van der Waals surface area contributed by atoms with Gasteiger partial charge in [-0.1, -0.05) is 25.1 Å². The van der Waals surface area contributed by atoms with E-state index in [0.717, 1.165) is 5.56 Å². The lowest BCUT2D eigenvalue weighted by Gasteiger charge is -2.28. The van der Waals surface area contributed by atoms with Crippen molar-refractivity contribution in [1.29, 1.82) is 0 Å². The molecule has 0 aliphatic rings. The molecular formula is C16H15FN2S. The summed E-state index contributed by atoms with van der Waals surface area (Å²) in [5.41, 5.74) is 7.68. The zero-order chi connectivity index (χ0) is 14.2. The van der Waals surface area contributed by atoms with E-state index in [1.165, 1.54) is 22.3 Å². The molecule has 2 nitrogen and oxygen atoms in total. The van der Waals surface area contributed by atoms with Gasteiger partial charge in [-0.3, -0.25) is 4.98 Å². The van der Waals surface area contributed by atoms with E-state index in [2.05, 4.69) is 22.5 Å². The van der Waals surface area contributed by atoms with Crippen molar-refractivity contribution in [2.45, 2.75) is 18.9 Å². The molecule has 0 amide bonds. The number of aromatic nitrogens is 1. The second kappa shape index (κ2) is 4.96. The first-order valence-electron chi connectivity index (χ1n) is 6.53. The molecule has 3 rings (SSSR count). The van der Waals surface area contributed by atoms with Crippen LogP contribution in [-0.2, 0) is 5.54 Å². The van der Waals surface area contributed by atoms with Crippen LogP contribution in [0, 0.1) is 5.82 Å². The fourth-order valence-corrected chi connectivity index (χ4v) is 3.49. The average Bonchev–Trinajstić information content (AvgIpc) is 2.95. The predicted molar refractivity (Wildman–Crippen MR) is 81.3 cm³/mol. The van der Waals surface area contributed by atoms with E-state index >= 15 is 0 Å². The first kappa shape index (κ1) is 13.2. The first-order valence-corrected chi connectivity index (χ1v) is 7.40. The summed E-state index contributed by atoms with van der Waals surface area (Å²) in [5.74, 6) is -0.346. The quantitative estimate of drug-likeness (QED) is 0.789. The maximum absolute atomic E-state index is 13.1. The Labute approximate surface area is 121 Å². The summed E-state index contributed by atoms with van der Waals surface area (Å²) in [7, 11) is 0. The molecule has 2 heterocycles. The Morgan fingerprint density at radius 3 is 2.80 bits per heavy atom. The topological polar surface area (TPSA) is 38.9 Å². The summed E-state index contributed by atoms with van der Waals surface area (Å²) in [6.45, 7) is 2.03. The number of hydrogen-bond donors (Lipinski definition) is 1. The molecule has 2 N–H and O–H groups in total. The second-order valence-electron chi connectivity index (χ2n) is 4.83. The summed E-state index contributed by atoms with van der Waals surface area (Å²) in [6.07, 6.45) is 1.92. The monoisotopic (exact) mass is 286 g/mol. The van der Waals surface area contributed by atoms with Gasteiger partial charge in [-0.15, -0.1) is 11.3 Å². The van der Waals surface area contributed by atoms with E-state index in [9.17, 15) is 4.39 Å². The molecular weight excluding hydrogens is 271 g/mol. The molecule has 0 saturated heterocycles. The fraction of sp³-hybridized carbons (Fsp3) is 0.188. The Hall–Kier alpha value is -1.78. The van der Waals surface area contributed by atoms with Gasteiger partial charge in [0, 0.05) is 4.70 Å². The lowest BCUT2D eigenvalue weighted by Crippen LogP contribution is -2.38. The van der Waals surface area contributed by atoms with Gasteiger partial charge in [-0.05, 0) is 40.9 Å². The van der Waals surface area contributed by atoms with Gasteiger partial charge in [-0.2, -0.15) is 0 Å². The Bertz CT molecular complexity index is 736. The Morgan fingerprint density at radius 2 is 2.10 bits per heavy atom. The molecule has 1 aromatic carbocycles. The van der Waals surface area contributed by atoms with Gasteiger partial charge in [-0.25, -0.2) is 4.39 Å². The third-order valence-corrected chi connectivity index (χ3v) is 4.67. The van der Waals surface area contributed by atoms with Gasteiger partial charge in [0.15, 0.2) is 0 Å². The summed E-state index contributed by atoms with van der Waals surface area (Å²) in [6, 6.07) is 11.3. The zero-order valence-electron chi connectivity index (χ0n) is 11.1. The molecule has 1 unspecified atom stereocenters. The van der Waals surface area contributed by atoms with Gasteiger partial charge in [0.2, 0.25) is 0 Å². The molecule has 20 heavy (non-hydrogen) atoms. The van der Waals surface area contributed by atoms with E-state index in [0.29, 0.717) is 12.1 Å². The molecule has 0 spiro atoms. The third-order valence-electron chi connectivity index (χ3n) is 3.70. The number of fused-ring (bicyclic) bond motifs is 1. The van der Waals surface area contributed by atoms with Crippen LogP contribution in [0.15, 0.2) is 48.0 Å². The van der Waals surface area contributed by atoms with Gasteiger partial charge in [0.05, 0.1) is 17.4 Å². The normalized spacial score (nSPS) is 14.3. The van der Waals surface area contributed by atoms with Crippen LogP contribution >= 0.6 is 11.3 Å². The fourth-order valence-electron chi connectivity index (χ4n) is 2.49. The van der Waals surface area contributed by atoms with Crippen LogP contribution in [0.4, 0.5) is 4.39 Å². The van der Waals surface area contributed by atoms with Crippen LogP contribution in [0.25, 0.3) is 10.1 Å². The van der Waals surface area contributed by atoms with E-state index < -0.39 is 5.54 Å². The van der Waals surface area contributed by atoms with E-state index in [1.807, 2.05) is 19.1 Å². The maximum atomic E-state index is 13.1. The molecule has 102 valence electrons. The average molecular weight is 286 g/mol. The molecule has 2 aromatic heterocycles. The number of halogens is 1. The number of rotatable bonds is 3. The van der Waals surface area contributed by atoms with Gasteiger partial charge < -0.3 is 5.73 Å². The molecule has 0 aliphatic carbocycles. The van der Waals surface area contributed by atoms with Gasteiger partial charge in [0.25, 0.3) is 0 Å². The van der Waals surface area contributed by atoms with Gasteiger partial charge in [0.1, 0.15) is 5.82 Å². The van der Waals surface area contributed by atoms with E-state index in [4.69, 9.17) is 5.73 Å². The summed E-state index contributed by atoms with van der Waals surface area (Å²) in [5, 5.41) is 3.24. The lowest BCUT2D eigenvalue weighted by atomic mass is 9.84. The van der Waals surface area contributed by atoms with Crippen molar-refractivity contribution in [3.63, 3.8) is 0 Å². The van der Waals surface area contributed by atoms with Crippen LogP contribution in [0.1, 0.15) is 24.6 Å². The minimum atomic E-state index is -0.696. The SMILES string of the molecule is CCC(N)(c1ccc(F)cn1)c1cccc2ccsc12.